The number of H-pyrrole nitrogens is 1. The lowest BCUT2D eigenvalue weighted by Gasteiger charge is -2.25. The second kappa shape index (κ2) is 13.4. The Balaban J connectivity index is 1.74. The maximum absolute atomic E-state index is 13.9. The molecular formula is C27H35ClFN3O8. The third-order valence-corrected chi connectivity index (χ3v) is 6.12. The summed E-state index contributed by atoms with van der Waals surface area (Å²) in [4.78, 5) is 51.0. The molecule has 0 radical (unpaired) electrons. The monoisotopic (exact) mass is 583 g/mol. The first-order valence-corrected chi connectivity index (χ1v) is 13.3. The summed E-state index contributed by atoms with van der Waals surface area (Å²) in [5, 5.41) is 3.12. The molecule has 13 heteroatoms. The van der Waals surface area contributed by atoms with Crippen LogP contribution in [0.1, 0.15) is 59.3 Å². The molecular weight excluding hydrogens is 549 g/mol. The number of nitrogens with zero attached hydrogens (tertiary/aromatic N) is 1. The van der Waals surface area contributed by atoms with Crippen molar-refractivity contribution in [1.29, 1.82) is 0 Å². The molecule has 11 nitrogen and oxygen atoms in total. The highest BCUT2D eigenvalue weighted by Crippen LogP contribution is 2.31. The lowest BCUT2D eigenvalue weighted by Crippen LogP contribution is -2.45. The Morgan fingerprint density at radius 3 is 2.52 bits per heavy atom. The Morgan fingerprint density at radius 2 is 1.90 bits per heavy atom. The highest BCUT2D eigenvalue weighted by atomic mass is 35.5. The number of benzene rings is 1. The number of esters is 1. The molecule has 1 amide bonds. The largest absolute Gasteiger partial charge is 0.461 e. The zero-order valence-electron chi connectivity index (χ0n) is 23.1. The predicted molar refractivity (Wildman–Crippen MR) is 143 cm³/mol. The predicted octanol–water partition coefficient (Wildman–Crippen LogP) is 3.68. The Hall–Kier alpha value is -3.22. The molecule has 0 bridgehead atoms. The number of hydrogen-bond donors (Lipinski definition) is 2. The lowest BCUT2D eigenvalue weighted by atomic mass is 10.0. The summed E-state index contributed by atoms with van der Waals surface area (Å²) in [6.45, 7) is 8.80. The summed E-state index contributed by atoms with van der Waals surface area (Å²) >= 11 is 5.95. The van der Waals surface area contributed by atoms with Crippen LogP contribution < -0.4 is 16.6 Å². The minimum Gasteiger partial charge on any atom is -0.461 e. The molecule has 4 atom stereocenters. The van der Waals surface area contributed by atoms with Gasteiger partial charge in [-0.05, 0) is 50.8 Å². The normalized spacial score (nSPS) is 19.9. The Labute approximate surface area is 235 Å². The number of halogens is 2. The van der Waals surface area contributed by atoms with Crippen LogP contribution in [0.5, 0.6) is 0 Å². The summed E-state index contributed by atoms with van der Waals surface area (Å²) in [6.07, 6.45) is -2.09. The van der Waals surface area contributed by atoms with Gasteiger partial charge in [-0.2, -0.15) is 4.39 Å². The number of carbonyl (C=O) groups excluding carboxylic acids is 2. The van der Waals surface area contributed by atoms with Crippen molar-refractivity contribution in [2.75, 3.05) is 6.61 Å². The van der Waals surface area contributed by atoms with Gasteiger partial charge in [0, 0.05) is 11.4 Å². The first-order chi connectivity index (χ1) is 18.7. The van der Waals surface area contributed by atoms with E-state index in [2.05, 4.69) is 5.32 Å². The Bertz CT molecular complexity index is 1290. The van der Waals surface area contributed by atoms with Gasteiger partial charge in [0.1, 0.15) is 30.6 Å². The van der Waals surface area contributed by atoms with Crippen LogP contribution in [0.25, 0.3) is 0 Å². The van der Waals surface area contributed by atoms with Crippen molar-refractivity contribution in [2.45, 2.75) is 84.1 Å². The highest BCUT2D eigenvalue weighted by molar-refractivity contribution is 6.30. The molecule has 1 fully saturated rings. The molecule has 2 heterocycles. The summed E-state index contributed by atoms with van der Waals surface area (Å²) in [5.41, 5.74) is -1.94. The van der Waals surface area contributed by atoms with Crippen LogP contribution >= 0.6 is 11.6 Å². The summed E-state index contributed by atoms with van der Waals surface area (Å²) in [6, 6.07) is 6.01. The zero-order valence-corrected chi connectivity index (χ0v) is 23.8. The molecule has 40 heavy (non-hydrogen) atoms. The average molecular weight is 584 g/mol. The van der Waals surface area contributed by atoms with Crippen LogP contribution in [0.15, 0.2) is 40.1 Å². The molecule has 0 spiro atoms. The second-order valence-corrected chi connectivity index (χ2v) is 11.4. The standard InChI is InChI=1S/C27H35ClFN3O8/c1-15(2)10-19(30-26(36)40-27(3,4)5)24(34)38-14-21-20(37-13-16-6-8-17(28)9-7-16)11-22(39-21)32-12-18(29)23(33)31-25(32)35/h6-9,12,15,19-22H,10-11,13-14H2,1-5H3,(H,30,36)(H,31,33,35)/t19-,20-,21+,22+/m0/s1. The first kappa shape index (κ1) is 31.3. The van der Waals surface area contributed by atoms with Crippen LogP contribution in [-0.4, -0.2) is 52.1 Å². The van der Waals surface area contributed by atoms with Crippen LogP contribution in [0.4, 0.5) is 9.18 Å². The fourth-order valence-corrected chi connectivity index (χ4v) is 4.18. The number of aromatic nitrogens is 2. The average Bonchev–Trinajstić information content (AvgIpc) is 3.25. The SMILES string of the molecule is CC(C)C[C@H](NC(=O)OC(C)(C)C)C(=O)OC[C@H]1O[C@@H](n2cc(F)c(=O)[nH]c2=O)C[C@@H]1OCc1ccc(Cl)cc1. The smallest absolute Gasteiger partial charge is 0.408 e. The van der Waals surface area contributed by atoms with Crippen molar-refractivity contribution in [2.24, 2.45) is 5.92 Å². The van der Waals surface area contributed by atoms with Crippen molar-refractivity contribution in [3.63, 3.8) is 0 Å². The Kier molecular flexibility index (Phi) is 10.5. The first-order valence-electron chi connectivity index (χ1n) is 12.9. The van der Waals surface area contributed by atoms with Gasteiger partial charge >= 0.3 is 17.8 Å². The van der Waals surface area contributed by atoms with Gasteiger partial charge in [0.15, 0.2) is 0 Å². The number of carbonyl (C=O) groups is 2. The molecule has 0 aliphatic carbocycles. The molecule has 2 aromatic rings. The second-order valence-electron chi connectivity index (χ2n) is 10.9. The van der Waals surface area contributed by atoms with Gasteiger partial charge in [-0.25, -0.2) is 14.4 Å². The van der Waals surface area contributed by atoms with E-state index in [-0.39, 0.29) is 25.6 Å². The number of aromatic amines is 1. The summed E-state index contributed by atoms with van der Waals surface area (Å²) in [7, 11) is 0. The quantitative estimate of drug-likeness (QED) is 0.404. The van der Waals surface area contributed by atoms with Crippen molar-refractivity contribution in [3.05, 3.63) is 67.7 Å². The van der Waals surface area contributed by atoms with E-state index in [1.54, 1.807) is 45.0 Å². The fraction of sp³-hybridized carbons (Fsp3) is 0.556. The number of alkyl carbamates (subject to hydrolysis) is 1. The maximum atomic E-state index is 13.9. The van der Waals surface area contributed by atoms with E-state index >= 15 is 0 Å². The fourth-order valence-electron chi connectivity index (χ4n) is 4.06. The van der Waals surface area contributed by atoms with E-state index in [0.29, 0.717) is 11.4 Å². The van der Waals surface area contributed by atoms with E-state index in [9.17, 15) is 23.6 Å². The zero-order chi connectivity index (χ0) is 29.6. The van der Waals surface area contributed by atoms with Gasteiger partial charge in [-0.15, -0.1) is 0 Å². The van der Waals surface area contributed by atoms with E-state index in [1.807, 2.05) is 18.8 Å². The van der Waals surface area contributed by atoms with Gasteiger partial charge in [0.05, 0.1) is 18.9 Å². The molecule has 3 rings (SSSR count). The van der Waals surface area contributed by atoms with E-state index in [0.717, 1.165) is 16.3 Å². The van der Waals surface area contributed by atoms with Crippen LogP contribution in [0, 0.1) is 11.7 Å². The molecule has 0 unspecified atom stereocenters. The minimum absolute atomic E-state index is 0.0528. The van der Waals surface area contributed by atoms with Crippen LogP contribution in [0.2, 0.25) is 5.02 Å². The summed E-state index contributed by atoms with van der Waals surface area (Å²) in [5.74, 6) is -1.80. The van der Waals surface area contributed by atoms with E-state index in [1.165, 1.54) is 0 Å². The van der Waals surface area contributed by atoms with E-state index in [4.69, 9.17) is 30.5 Å². The highest BCUT2D eigenvalue weighted by Gasteiger charge is 2.39. The van der Waals surface area contributed by atoms with Crippen LogP contribution in [-0.2, 0) is 30.3 Å². The molecule has 220 valence electrons. The minimum atomic E-state index is -1.15. The third kappa shape index (κ3) is 9.17. The van der Waals surface area contributed by atoms with Gasteiger partial charge < -0.3 is 24.3 Å². The maximum Gasteiger partial charge on any atom is 0.408 e. The topological polar surface area (TPSA) is 138 Å². The number of amides is 1. The van der Waals surface area contributed by atoms with E-state index < -0.39 is 59.2 Å². The van der Waals surface area contributed by atoms with Crippen molar-refractivity contribution in [1.82, 2.24) is 14.9 Å². The molecule has 1 aliphatic heterocycles. The third-order valence-electron chi connectivity index (χ3n) is 5.86. The number of rotatable bonds is 10. The molecule has 1 aliphatic rings. The van der Waals surface area contributed by atoms with Gasteiger partial charge in [0.25, 0.3) is 5.56 Å². The van der Waals surface area contributed by atoms with Gasteiger partial charge in [0.2, 0.25) is 5.82 Å². The van der Waals surface area contributed by atoms with Gasteiger partial charge in [-0.3, -0.25) is 14.3 Å². The Morgan fingerprint density at radius 1 is 1.23 bits per heavy atom. The van der Waals surface area contributed by atoms with Crippen molar-refractivity contribution >= 4 is 23.7 Å². The number of ether oxygens (including phenoxy) is 4. The van der Waals surface area contributed by atoms with Gasteiger partial charge in [-0.1, -0.05) is 37.6 Å². The number of hydrogen-bond acceptors (Lipinski definition) is 8. The molecule has 0 saturated carbocycles. The molecule has 1 aromatic carbocycles. The van der Waals surface area contributed by atoms with Crippen LogP contribution in [0.3, 0.4) is 0 Å². The van der Waals surface area contributed by atoms with Crippen molar-refractivity contribution < 1.29 is 32.9 Å². The number of nitrogens with one attached hydrogen (secondary N) is 2. The van der Waals surface area contributed by atoms with Crippen molar-refractivity contribution in [3.8, 4) is 0 Å². The molecule has 1 aromatic heterocycles. The summed E-state index contributed by atoms with van der Waals surface area (Å²) < 4.78 is 37.6. The molecule has 2 N–H and O–H groups in total. The molecule has 1 saturated heterocycles. The lowest BCUT2D eigenvalue weighted by molar-refractivity contribution is -0.154.